The van der Waals surface area contributed by atoms with Crippen molar-refractivity contribution >= 4 is 14.6 Å². The average Bonchev–Trinajstić information content (AvgIpc) is 2.55. The molecule has 0 aliphatic carbocycles. The molecule has 0 saturated carbocycles. The van der Waals surface area contributed by atoms with Crippen molar-refractivity contribution in [2.75, 3.05) is 0 Å². The highest BCUT2D eigenvalue weighted by atomic mass is 28.4. The summed E-state index contributed by atoms with van der Waals surface area (Å²) < 4.78 is 6.76. The number of aldehydes is 1. The third kappa shape index (κ3) is 13.1. The minimum atomic E-state index is -1.68. The van der Waals surface area contributed by atoms with E-state index >= 15 is 0 Å². The van der Waals surface area contributed by atoms with E-state index in [1.165, 1.54) is 77.0 Å². The lowest BCUT2D eigenvalue weighted by atomic mass is 10.0. The molecule has 156 valence electrons. The normalized spacial score (nSPS) is 13.8. The Morgan fingerprint density at radius 2 is 1.27 bits per heavy atom. The minimum Gasteiger partial charge on any atom is -0.414 e. The predicted molar refractivity (Wildman–Crippen MR) is 118 cm³/mol. The number of carbonyl (C=O) groups excluding carboxylic acids is 1. The monoisotopic (exact) mass is 384 g/mol. The van der Waals surface area contributed by atoms with Crippen molar-refractivity contribution in [1.82, 2.24) is 0 Å². The molecule has 0 heterocycles. The SMILES string of the molecule is CCCCCCCCC[C@@H](CCCCCCC=O)O[Si](C)(C)C(C)(C)C. The zero-order valence-corrected chi connectivity index (χ0v) is 19.9. The second-order valence-electron chi connectivity index (χ2n) is 9.57. The van der Waals surface area contributed by atoms with Crippen LogP contribution in [0.25, 0.3) is 0 Å². The number of rotatable bonds is 17. The number of hydrogen-bond acceptors (Lipinski definition) is 2. The average molecular weight is 385 g/mol. The smallest absolute Gasteiger partial charge is 0.192 e. The first-order valence-electron chi connectivity index (χ1n) is 11.4. The summed E-state index contributed by atoms with van der Waals surface area (Å²) in [6.45, 7) is 14.1. The van der Waals surface area contributed by atoms with Crippen molar-refractivity contribution in [3.05, 3.63) is 0 Å². The summed E-state index contributed by atoms with van der Waals surface area (Å²) in [7, 11) is -1.68. The Morgan fingerprint density at radius 3 is 1.73 bits per heavy atom. The molecule has 0 aliphatic rings. The Kier molecular flexibility index (Phi) is 14.8. The number of hydrogen-bond donors (Lipinski definition) is 0. The molecule has 0 rings (SSSR count). The molecule has 0 amide bonds. The van der Waals surface area contributed by atoms with Crippen LogP contribution in [0.2, 0.25) is 18.1 Å². The first-order chi connectivity index (χ1) is 12.2. The zero-order chi connectivity index (χ0) is 19.9. The topological polar surface area (TPSA) is 26.3 Å². The standard InChI is InChI=1S/C23H48O2Si/c1-7-8-9-10-11-13-16-19-22(20-17-14-12-15-18-21-24)25-26(5,6)23(2,3)4/h21-22H,7-20H2,1-6H3/t22-/m0/s1. The van der Waals surface area contributed by atoms with Crippen LogP contribution in [0, 0.1) is 0 Å². The number of carbonyl (C=O) groups is 1. The van der Waals surface area contributed by atoms with Gasteiger partial charge in [0.15, 0.2) is 8.32 Å². The van der Waals surface area contributed by atoms with Gasteiger partial charge in [-0.05, 0) is 37.4 Å². The molecule has 0 unspecified atom stereocenters. The molecule has 0 spiro atoms. The summed E-state index contributed by atoms with van der Waals surface area (Å²) in [6, 6.07) is 0. The Bertz CT molecular complexity index is 334. The van der Waals surface area contributed by atoms with Crippen LogP contribution in [0.3, 0.4) is 0 Å². The molecule has 0 aromatic carbocycles. The van der Waals surface area contributed by atoms with Crippen molar-refractivity contribution in [3.63, 3.8) is 0 Å². The van der Waals surface area contributed by atoms with Gasteiger partial charge in [0.05, 0.1) is 0 Å². The maximum atomic E-state index is 10.4. The molecule has 0 saturated heterocycles. The number of unbranched alkanes of at least 4 members (excludes halogenated alkanes) is 10. The van der Waals surface area contributed by atoms with Gasteiger partial charge in [0.1, 0.15) is 6.29 Å². The Hall–Kier alpha value is -0.153. The second kappa shape index (κ2) is 14.8. The van der Waals surface area contributed by atoms with E-state index in [4.69, 9.17) is 4.43 Å². The largest absolute Gasteiger partial charge is 0.414 e. The molecule has 0 fully saturated rings. The van der Waals surface area contributed by atoms with Crippen molar-refractivity contribution in [3.8, 4) is 0 Å². The van der Waals surface area contributed by atoms with Crippen molar-refractivity contribution in [2.24, 2.45) is 0 Å². The lowest BCUT2D eigenvalue weighted by Crippen LogP contribution is -2.44. The van der Waals surface area contributed by atoms with Gasteiger partial charge >= 0.3 is 0 Å². The summed E-state index contributed by atoms with van der Waals surface area (Å²) in [6.07, 6.45) is 18.9. The van der Waals surface area contributed by atoms with E-state index in [-0.39, 0.29) is 5.04 Å². The van der Waals surface area contributed by atoms with Crippen LogP contribution < -0.4 is 0 Å². The van der Waals surface area contributed by atoms with Gasteiger partial charge in [-0.25, -0.2) is 0 Å². The predicted octanol–water partition coefficient (Wildman–Crippen LogP) is 8.06. The Balaban J connectivity index is 4.25. The Morgan fingerprint density at radius 1 is 0.808 bits per heavy atom. The third-order valence-electron chi connectivity index (χ3n) is 6.00. The molecular formula is C23H48O2Si. The van der Waals surface area contributed by atoms with Crippen LogP contribution in [0.4, 0.5) is 0 Å². The lowest BCUT2D eigenvalue weighted by molar-refractivity contribution is -0.107. The van der Waals surface area contributed by atoms with E-state index in [0.29, 0.717) is 6.10 Å². The van der Waals surface area contributed by atoms with Crippen LogP contribution in [-0.2, 0) is 9.22 Å². The van der Waals surface area contributed by atoms with Gasteiger partial charge in [-0.3, -0.25) is 0 Å². The molecule has 0 N–H and O–H groups in total. The molecular weight excluding hydrogens is 336 g/mol. The summed E-state index contributed by atoms with van der Waals surface area (Å²) in [5.41, 5.74) is 0. The van der Waals surface area contributed by atoms with E-state index in [2.05, 4.69) is 40.8 Å². The van der Waals surface area contributed by atoms with E-state index in [9.17, 15) is 4.79 Å². The van der Waals surface area contributed by atoms with Gasteiger partial charge in [0, 0.05) is 12.5 Å². The first kappa shape index (κ1) is 25.8. The fourth-order valence-electron chi connectivity index (χ4n) is 3.14. The summed E-state index contributed by atoms with van der Waals surface area (Å²) in [5, 5.41) is 0.287. The molecule has 0 radical (unpaired) electrons. The highest BCUT2D eigenvalue weighted by Crippen LogP contribution is 2.38. The molecule has 0 aromatic rings. The second-order valence-corrected chi connectivity index (χ2v) is 14.3. The van der Waals surface area contributed by atoms with E-state index < -0.39 is 8.32 Å². The van der Waals surface area contributed by atoms with Crippen LogP contribution in [0.1, 0.15) is 118 Å². The zero-order valence-electron chi connectivity index (χ0n) is 18.9. The van der Waals surface area contributed by atoms with Crippen LogP contribution in [-0.4, -0.2) is 20.7 Å². The summed E-state index contributed by atoms with van der Waals surface area (Å²) >= 11 is 0. The van der Waals surface area contributed by atoms with Gasteiger partial charge in [-0.1, -0.05) is 91.9 Å². The summed E-state index contributed by atoms with van der Waals surface area (Å²) in [5.74, 6) is 0. The van der Waals surface area contributed by atoms with Crippen molar-refractivity contribution in [2.45, 2.75) is 142 Å². The highest BCUT2D eigenvalue weighted by Gasteiger charge is 2.38. The third-order valence-corrected chi connectivity index (χ3v) is 10.5. The lowest BCUT2D eigenvalue weighted by Gasteiger charge is -2.39. The molecule has 1 atom stereocenters. The van der Waals surface area contributed by atoms with Gasteiger partial charge in [0.2, 0.25) is 0 Å². The Labute approximate surface area is 166 Å². The molecule has 26 heavy (non-hydrogen) atoms. The van der Waals surface area contributed by atoms with Crippen molar-refractivity contribution in [1.29, 1.82) is 0 Å². The van der Waals surface area contributed by atoms with Crippen LogP contribution in [0.5, 0.6) is 0 Å². The van der Waals surface area contributed by atoms with Gasteiger partial charge < -0.3 is 9.22 Å². The maximum Gasteiger partial charge on any atom is 0.192 e. The van der Waals surface area contributed by atoms with Gasteiger partial charge in [0.25, 0.3) is 0 Å². The van der Waals surface area contributed by atoms with Crippen LogP contribution in [0.15, 0.2) is 0 Å². The maximum absolute atomic E-state index is 10.4. The van der Waals surface area contributed by atoms with Crippen molar-refractivity contribution < 1.29 is 9.22 Å². The van der Waals surface area contributed by atoms with Gasteiger partial charge in [-0.15, -0.1) is 0 Å². The molecule has 3 heteroatoms. The molecule has 0 bridgehead atoms. The minimum absolute atomic E-state index is 0.287. The highest BCUT2D eigenvalue weighted by molar-refractivity contribution is 6.74. The first-order valence-corrected chi connectivity index (χ1v) is 14.3. The van der Waals surface area contributed by atoms with E-state index in [1.807, 2.05) is 0 Å². The van der Waals surface area contributed by atoms with E-state index in [0.717, 1.165) is 19.1 Å². The van der Waals surface area contributed by atoms with E-state index in [1.54, 1.807) is 0 Å². The molecule has 2 nitrogen and oxygen atoms in total. The van der Waals surface area contributed by atoms with Crippen LogP contribution >= 0.6 is 0 Å². The van der Waals surface area contributed by atoms with Gasteiger partial charge in [-0.2, -0.15) is 0 Å². The molecule has 0 aliphatic heterocycles. The molecule has 0 aromatic heterocycles. The summed E-state index contributed by atoms with van der Waals surface area (Å²) in [4.78, 5) is 10.4. The fourth-order valence-corrected chi connectivity index (χ4v) is 4.56. The fraction of sp³-hybridized carbons (Fsp3) is 0.957. The quantitative estimate of drug-likeness (QED) is 0.144.